The van der Waals surface area contributed by atoms with Crippen LogP contribution >= 0.6 is 0 Å². The fourth-order valence-electron chi connectivity index (χ4n) is 6.13. The van der Waals surface area contributed by atoms with Crippen LogP contribution in [0, 0.1) is 23.5 Å². The number of allylic oxidation sites excluding steroid dienone is 2. The number of benzene rings is 2. The minimum Gasteiger partial charge on any atom is -0.490 e. The molecule has 0 unspecified atom stereocenters. The Balaban J connectivity index is 1.23. The molecule has 2 aromatic rings. The van der Waals surface area contributed by atoms with Crippen molar-refractivity contribution >= 4 is 0 Å². The van der Waals surface area contributed by atoms with Crippen molar-refractivity contribution in [3.63, 3.8) is 0 Å². The largest absolute Gasteiger partial charge is 0.490 e. The lowest BCUT2D eigenvalue weighted by atomic mass is 9.76. The van der Waals surface area contributed by atoms with Crippen LogP contribution in [0.4, 0.5) is 8.78 Å². The van der Waals surface area contributed by atoms with E-state index in [1.165, 1.54) is 49.7 Å². The molecule has 2 aromatic carbocycles. The molecule has 0 aliphatic heterocycles. The van der Waals surface area contributed by atoms with Gasteiger partial charge in [0.05, 0.1) is 6.61 Å². The summed E-state index contributed by atoms with van der Waals surface area (Å²) in [7, 11) is 0. The van der Waals surface area contributed by atoms with Gasteiger partial charge in [0.2, 0.25) is 5.82 Å². The van der Waals surface area contributed by atoms with Crippen molar-refractivity contribution in [2.24, 2.45) is 11.8 Å². The quantitative estimate of drug-likeness (QED) is 0.236. The molecule has 2 aliphatic carbocycles. The number of hydrogen-bond acceptors (Lipinski definition) is 1. The third kappa shape index (κ3) is 6.99. The molecule has 3 heteroatoms. The predicted octanol–water partition coefficient (Wildman–Crippen LogP) is 9.90. The van der Waals surface area contributed by atoms with E-state index in [-0.39, 0.29) is 11.7 Å². The molecule has 0 spiro atoms. The number of aryl methyl sites for hydroxylation is 1. The summed E-state index contributed by atoms with van der Waals surface area (Å²) in [4.78, 5) is 0. The van der Waals surface area contributed by atoms with Crippen molar-refractivity contribution < 1.29 is 13.5 Å². The van der Waals surface area contributed by atoms with Gasteiger partial charge in [-0.05, 0) is 111 Å². The first-order chi connectivity index (χ1) is 17.6. The van der Waals surface area contributed by atoms with E-state index in [4.69, 9.17) is 4.74 Å². The highest BCUT2D eigenvalue weighted by Gasteiger charge is 2.26. The van der Waals surface area contributed by atoms with Crippen LogP contribution in [-0.2, 0) is 6.42 Å². The summed E-state index contributed by atoms with van der Waals surface area (Å²) in [5, 5.41) is 0. The average molecular weight is 495 g/mol. The van der Waals surface area contributed by atoms with E-state index >= 15 is 0 Å². The molecule has 0 N–H and O–H groups in total. The molecular formula is C33H44F2O. The predicted molar refractivity (Wildman–Crippen MR) is 146 cm³/mol. The van der Waals surface area contributed by atoms with E-state index in [0.29, 0.717) is 29.9 Å². The van der Waals surface area contributed by atoms with Crippen molar-refractivity contribution in [2.45, 2.75) is 103 Å². The molecule has 0 aromatic heterocycles. The van der Waals surface area contributed by atoms with Gasteiger partial charge in [-0.15, -0.1) is 0 Å². The Hall–Kier alpha value is -2.16. The van der Waals surface area contributed by atoms with Gasteiger partial charge in [-0.2, -0.15) is 4.39 Å². The molecular weight excluding hydrogens is 450 g/mol. The number of rotatable bonds is 10. The second-order valence-corrected chi connectivity index (χ2v) is 11.1. The summed E-state index contributed by atoms with van der Waals surface area (Å²) < 4.78 is 34.7. The molecule has 0 saturated heterocycles. The van der Waals surface area contributed by atoms with Gasteiger partial charge < -0.3 is 4.74 Å². The Kier molecular flexibility index (Phi) is 10.0. The average Bonchev–Trinajstić information content (AvgIpc) is 2.91. The smallest absolute Gasteiger partial charge is 0.200 e. The molecule has 36 heavy (non-hydrogen) atoms. The van der Waals surface area contributed by atoms with E-state index in [1.54, 1.807) is 12.1 Å². The zero-order valence-electron chi connectivity index (χ0n) is 22.3. The summed E-state index contributed by atoms with van der Waals surface area (Å²) >= 11 is 0. The molecule has 2 saturated carbocycles. The molecule has 0 bridgehead atoms. The van der Waals surface area contributed by atoms with Gasteiger partial charge in [-0.1, -0.05) is 69.2 Å². The van der Waals surface area contributed by atoms with Crippen LogP contribution in [0.2, 0.25) is 0 Å². The molecule has 2 aliphatic rings. The number of ether oxygens (including phenoxy) is 1. The van der Waals surface area contributed by atoms with Crippen LogP contribution in [-0.4, -0.2) is 6.61 Å². The van der Waals surface area contributed by atoms with E-state index < -0.39 is 11.6 Å². The highest BCUT2D eigenvalue weighted by Crippen LogP contribution is 2.40. The van der Waals surface area contributed by atoms with E-state index in [9.17, 15) is 8.78 Å². The lowest BCUT2D eigenvalue weighted by Gasteiger charge is -2.29. The van der Waals surface area contributed by atoms with E-state index in [0.717, 1.165) is 38.5 Å². The summed E-state index contributed by atoms with van der Waals surface area (Å²) in [6.07, 6.45) is 18.1. The van der Waals surface area contributed by atoms with Crippen LogP contribution in [0.3, 0.4) is 0 Å². The third-order valence-electron chi connectivity index (χ3n) is 8.46. The van der Waals surface area contributed by atoms with Crippen LogP contribution in [0.15, 0.2) is 48.6 Å². The minimum atomic E-state index is -0.821. The summed E-state index contributed by atoms with van der Waals surface area (Å²) in [6.45, 7) is 4.71. The fraction of sp³-hybridized carbons (Fsp3) is 0.576. The minimum absolute atomic E-state index is 0.0459. The van der Waals surface area contributed by atoms with Gasteiger partial charge in [0, 0.05) is 0 Å². The Labute approximate surface area is 217 Å². The summed E-state index contributed by atoms with van der Waals surface area (Å²) in [5.41, 5.74) is 3.49. The Morgan fingerprint density at radius 3 is 1.92 bits per heavy atom. The molecule has 4 rings (SSSR count). The SMILES string of the molecule is CCCCOc1ccc(C2CCC(/C=C/C3CCC(c4ccc(CCC)cc4)CC3)CC2)c(F)c1F. The number of halogens is 2. The first kappa shape index (κ1) is 26.9. The first-order valence-corrected chi connectivity index (χ1v) is 14.5. The van der Waals surface area contributed by atoms with Gasteiger partial charge in [-0.25, -0.2) is 4.39 Å². The molecule has 0 radical (unpaired) electrons. The fourth-order valence-corrected chi connectivity index (χ4v) is 6.13. The molecule has 0 heterocycles. The molecule has 0 amide bonds. The van der Waals surface area contributed by atoms with Gasteiger partial charge in [0.25, 0.3) is 0 Å². The van der Waals surface area contributed by atoms with Gasteiger partial charge in [0.1, 0.15) is 0 Å². The Bertz CT molecular complexity index is 964. The van der Waals surface area contributed by atoms with Crippen molar-refractivity contribution in [1.29, 1.82) is 0 Å². The van der Waals surface area contributed by atoms with Crippen LogP contribution < -0.4 is 4.74 Å². The Morgan fingerprint density at radius 2 is 1.33 bits per heavy atom. The zero-order chi connectivity index (χ0) is 25.3. The van der Waals surface area contributed by atoms with Gasteiger partial charge in [0.15, 0.2) is 11.6 Å². The normalized spacial score (nSPS) is 24.8. The zero-order valence-corrected chi connectivity index (χ0v) is 22.3. The second-order valence-electron chi connectivity index (χ2n) is 11.1. The lowest BCUT2D eigenvalue weighted by molar-refractivity contribution is 0.286. The second kappa shape index (κ2) is 13.4. The Morgan fingerprint density at radius 1 is 0.722 bits per heavy atom. The third-order valence-corrected chi connectivity index (χ3v) is 8.46. The van der Waals surface area contributed by atoms with Crippen LogP contribution in [0.5, 0.6) is 5.75 Å². The monoisotopic (exact) mass is 494 g/mol. The van der Waals surface area contributed by atoms with E-state index in [1.807, 2.05) is 6.92 Å². The van der Waals surface area contributed by atoms with Crippen LogP contribution in [0.1, 0.15) is 113 Å². The highest BCUT2D eigenvalue weighted by atomic mass is 19.2. The molecule has 2 fully saturated rings. The van der Waals surface area contributed by atoms with Crippen LogP contribution in [0.25, 0.3) is 0 Å². The maximum absolute atomic E-state index is 14.8. The maximum atomic E-state index is 14.8. The van der Waals surface area contributed by atoms with E-state index in [2.05, 4.69) is 43.3 Å². The standard InChI is InChI=1S/C33H44F2O/c1-3-5-23-36-31-22-21-30(32(34)33(31)35)29-19-13-26(14-20-29)8-7-25-11-17-28(18-12-25)27-15-9-24(6-4-2)10-16-27/h7-10,15-16,21-22,25-26,28-29H,3-6,11-14,17-20,23H2,1-2H3/b8-7+. The summed E-state index contributed by atoms with van der Waals surface area (Å²) in [5.74, 6) is 0.578. The van der Waals surface area contributed by atoms with Crippen molar-refractivity contribution in [3.05, 3.63) is 76.9 Å². The number of unbranched alkanes of at least 4 members (excludes halogenated alkanes) is 1. The molecule has 196 valence electrons. The van der Waals surface area contributed by atoms with Crippen molar-refractivity contribution in [2.75, 3.05) is 6.61 Å². The first-order valence-electron chi connectivity index (χ1n) is 14.5. The molecule has 1 nitrogen and oxygen atoms in total. The molecule has 0 atom stereocenters. The maximum Gasteiger partial charge on any atom is 0.200 e. The summed E-state index contributed by atoms with van der Waals surface area (Å²) in [6, 6.07) is 12.7. The number of hydrogen-bond donors (Lipinski definition) is 0. The van der Waals surface area contributed by atoms with Gasteiger partial charge in [-0.3, -0.25) is 0 Å². The van der Waals surface area contributed by atoms with Gasteiger partial charge >= 0.3 is 0 Å². The lowest BCUT2D eigenvalue weighted by Crippen LogP contribution is -2.15. The topological polar surface area (TPSA) is 9.23 Å². The van der Waals surface area contributed by atoms with Crippen molar-refractivity contribution in [3.8, 4) is 5.75 Å². The van der Waals surface area contributed by atoms with Crippen molar-refractivity contribution in [1.82, 2.24) is 0 Å². The highest BCUT2D eigenvalue weighted by molar-refractivity contribution is 5.33.